The van der Waals surface area contributed by atoms with Gasteiger partial charge in [-0.05, 0) is 102 Å². The van der Waals surface area contributed by atoms with Crippen molar-refractivity contribution >= 4 is 44.7 Å². The number of benzene rings is 5. The fraction of sp³-hybridized carbons (Fsp3) is 0.0526. The van der Waals surface area contributed by atoms with Crippen molar-refractivity contribution in [3.8, 4) is 23.3 Å². The normalized spacial score (nSPS) is 11.3. The Kier molecular flexibility index (Phi) is 6.58. The number of methoxy groups -OCH3 is 1. The Bertz CT molecular complexity index is 2330. The van der Waals surface area contributed by atoms with Crippen LogP contribution in [0.5, 0.6) is 5.75 Å². The second-order valence-electron chi connectivity index (χ2n) is 10.4. The standard InChI is InChI=1S/C38H27N3O2/c1-25-21-26(11-12-27-13-15-29-23-31(43-2)18-16-28(29)22-27)14-19-36(25)41-37(40-35-10-6-4-8-33(35)38(41)42)20-17-30-24-39-34-9-5-3-7-32(30)34/h3-10,13-24,39H,1-2H3/b20-17+. The summed E-state index contributed by atoms with van der Waals surface area (Å²) in [5, 5.41) is 3.90. The van der Waals surface area contributed by atoms with E-state index in [1.54, 1.807) is 11.7 Å². The largest absolute Gasteiger partial charge is 0.497 e. The number of nitrogens with one attached hydrogen (secondary N) is 1. The third kappa shape index (κ3) is 4.96. The van der Waals surface area contributed by atoms with Gasteiger partial charge in [0.2, 0.25) is 0 Å². The number of fused-ring (bicyclic) bond motifs is 3. The zero-order valence-electron chi connectivity index (χ0n) is 23.8. The van der Waals surface area contributed by atoms with Crippen molar-refractivity contribution in [2.45, 2.75) is 6.92 Å². The van der Waals surface area contributed by atoms with Crippen LogP contribution in [0, 0.1) is 18.8 Å². The lowest BCUT2D eigenvalue weighted by molar-refractivity contribution is 0.415. The van der Waals surface area contributed by atoms with E-state index in [-0.39, 0.29) is 5.56 Å². The minimum atomic E-state index is -0.112. The van der Waals surface area contributed by atoms with Crippen LogP contribution in [-0.4, -0.2) is 21.6 Å². The highest BCUT2D eigenvalue weighted by Crippen LogP contribution is 2.24. The first-order valence-corrected chi connectivity index (χ1v) is 14.0. The Morgan fingerprint density at radius 1 is 0.791 bits per heavy atom. The molecule has 0 radical (unpaired) electrons. The fourth-order valence-electron chi connectivity index (χ4n) is 5.45. The van der Waals surface area contributed by atoms with E-state index in [0.29, 0.717) is 16.7 Å². The van der Waals surface area contributed by atoms with E-state index in [4.69, 9.17) is 9.72 Å². The van der Waals surface area contributed by atoms with E-state index in [1.165, 1.54) is 0 Å². The first-order chi connectivity index (χ1) is 21.1. The van der Waals surface area contributed by atoms with Gasteiger partial charge in [0.15, 0.2) is 0 Å². The van der Waals surface area contributed by atoms with Crippen LogP contribution in [0.3, 0.4) is 0 Å². The third-order valence-corrected chi connectivity index (χ3v) is 7.67. The van der Waals surface area contributed by atoms with Gasteiger partial charge in [0.25, 0.3) is 5.56 Å². The van der Waals surface area contributed by atoms with Crippen molar-refractivity contribution in [3.63, 3.8) is 0 Å². The maximum atomic E-state index is 13.9. The summed E-state index contributed by atoms with van der Waals surface area (Å²) >= 11 is 0. The molecule has 0 fully saturated rings. The summed E-state index contributed by atoms with van der Waals surface area (Å²) in [7, 11) is 1.67. The first kappa shape index (κ1) is 26.1. The zero-order valence-corrected chi connectivity index (χ0v) is 23.8. The highest BCUT2D eigenvalue weighted by Gasteiger charge is 2.13. The molecule has 0 unspecified atom stereocenters. The monoisotopic (exact) mass is 557 g/mol. The summed E-state index contributed by atoms with van der Waals surface area (Å²) in [6, 6.07) is 33.7. The van der Waals surface area contributed by atoms with Crippen LogP contribution in [0.1, 0.15) is 28.1 Å². The number of rotatable bonds is 4. The van der Waals surface area contributed by atoms with Crippen molar-refractivity contribution in [3.05, 3.63) is 148 Å². The topological polar surface area (TPSA) is 59.9 Å². The minimum absolute atomic E-state index is 0.112. The lowest BCUT2D eigenvalue weighted by atomic mass is 10.1. The Balaban J connectivity index is 1.28. The van der Waals surface area contributed by atoms with E-state index >= 15 is 0 Å². The quantitative estimate of drug-likeness (QED) is 0.224. The number of nitrogens with zero attached hydrogens (tertiary/aromatic N) is 2. The molecule has 2 heterocycles. The first-order valence-electron chi connectivity index (χ1n) is 14.0. The maximum Gasteiger partial charge on any atom is 0.266 e. The van der Waals surface area contributed by atoms with Gasteiger partial charge in [0, 0.05) is 28.2 Å². The van der Waals surface area contributed by atoms with Crippen LogP contribution >= 0.6 is 0 Å². The molecule has 0 aliphatic rings. The molecule has 0 saturated carbocycles. The number of aromatic amines is 1. The molecule has 0 atom stereocenters. The number of ether oxygens (including phenoxy) is 1. The van der Waals surface area contributed by atoms with Crippen molar-refractivity contribution in [1.29, 1.82) is 0 Å². The van der Waals surface area contributed by atoms with Crippen LogP contribution in [0.4, 0.5) is 0 Å². The van der Waals surface area contributed by atoms with Crippen LogP contribution in [-0.2, 0) is 0 Å². The summed E-state index contributed by atoms with van der Waals surface area (Å²) in [6.45, 7) is 2.00. The molecule has 7 rings (SSSR count). The molecule has 0 aliphatic carbocycles. The van der Waals surface area contributed by atoms with Crippen molar-refractivity contribution < 1.29 is 4.74 Å². The van der Waals surface area contributed by atoms with Crippen molar-refractivity contribution in [1.82, 2.24) is 14.5 Å². The maximum absolute atomic E-state index is 13.9. The Hall–Kier alpha value is -5.86. The molecule has 7 aromatic rings. The number of para-hydroxylation sites is 2. The van der Waals surface area contributed by atoms with Gasteiger partial charge in [-0.2, -0.15) is 0 Å². The molecule has 43 heavy (non-hydrogen) atoms. The van der Waals surface area contributed by atoms with E-state index in [2.05, 4.69) is 35.0 Å². The van der Waals surface area contributed by atoms with Gasteiger partial charge in [-0.15, -0.1) is 0 Å². The summed E-state index contributed by atoms with van der Waals surface area (Å²) < 4.78 is 7.03. The van der Waals surface area contributed by atoms with Gasteiger partial charge in [-0.3, -0.25) is 9.36 Å². The molecule has 206 valence electrons. The predicted molar refractivity (Wildman–Crippen MR) is 176 cm³/mol. The molecule has 1 N–H and O–H groups in total. The van der Waals surface area contributed by atoms with Crippen LogP contribution < -0.4 is 10.3 Å². The summed E-state index contributed by atoms with van der Waals surface area (Å²) in [5.74, 6) is 7.97. The summed E-state index contributed by atoms with van der Waals surface area (Å²) in [6.07, 6.45) is 5.88. The average molecular weight is 558 g/mol. The molecular formula is C38H27N3O2. The lowest BCUT2D eigenvalue weighted by Crippen LogP contribution is -2.23. The molecule has 0 amide bonds. The summed E-state index contributed by atoms with van der Waals surface area (Å²) in [5.41, 5.74) is 6.13. The predicted octanol–water partition coefficient (Wildman–Crippen LogP) is 7.91. The molecule has 0 saturated heterocycles. The van der Waals surface area contributed by atoms with Gasteiger partial charge in [-0.1, -0.05) is 54.3 Å². The second kappa shape index (κ2) is 10.8. The Labute approximate surface area is 248 Å². The third-order valence-electron chi connectivity index (χ3n) is 7.67. The van der Waals surface area contributed by atoms with Crippen LogP contribution in [0.25, 0.3) is 50.4 Å². The lowest BCUT2D eigenvalue weighted by Gasteiger charge is -2.14. The number of aryl methyl sites for hydroxylation is 1. The van der Waals surface area contributed by atoms with E-state index in [9.17, 15) is 4.79 Å². The molecule has 5 nitrogen and oxygen atoms in total. The van der Waals surface area contributed by atoms with Gasteiger partial charge < -0.3 is 9.72 Å². The molecule has 0 aliphatic heterocycles. The SMILES string of the molecule is COc1ccc2cc(C#Cc3ccc(-n4c(/C=C/c5c[nH]c6ccccc56)nc5ccccc5c4=O)c(C)c3)ccc2c1. The molecule has 5 aromatic carbocycles. The number of hydrogen-bond donors (Lipinski definition) is 1. The average Bonchev–Trinajstić information content (AvgIpc) is 3.46. The Morgan fingerprint density at radius 2 is 1.51 bits per heavy atom. The van der Waals surface area contributed by atoms with Crippen molar-refractivity contribution in [2.24, 2.45) is 0 Å². The highest BCUT2D eigenvalue weighted by molar-refractivity contribution is 5.91. The molecule has 0 spiro atoms. The molecule has 0 bridgehead atoms. The van der Waals surface area contributed by atoms with Gasteiger partial charge in [0.05, 0.1) is 23.7 Å². The van der Waals surface area contributed by atoms with Gasteiger partial charge in [0.1, 0.15) is 11.6 Å². The fourth-order valence-corrected chi connectivity index (χ4v) is 5.45. The molecular weight excluding hydrogens is 530 g/mol. The number of hydrogen-bond acceptors (Lipinski definition) is 3. The van der Waals surface area contributed by atoms with Gasteiger partial charge in [-0.25, -0.2) is 4.98 Å². The van der Waals surface area contributed by atoms with E-state index in [0.717, 1.165) is 55.4 Å². The number of H-pyrrole nitrogens is 1. The molecule has 2 aromatic heterocycles. The second-order valence-corrected chi connectivity index (χ2v) is 10.4. The Morgan fingerprint density at radius 3 is 2.35 bits per heavy atom. The molecule has 5 heteroatoms. The minimum Gasteiger partial charge on any atom is -0.497 e. The van der Waals surface area contributed by atoms with Crippen LogP contribution in [0.2, 0.25) is 0 Å². The summed E-state index contributed by atoms with van der Waals surface area (Å²) in [4.78, 5) is 22.1. The smallest absolute Gasteiger partial charge is 0.266 e. The van der Waals surface area contributed by atoms with E-state index in [1.807, 2.05) is 110 Å². The van der Waals surface area contributed by atoms with Crippen molar-refractivity contribution in [2.75, 3.05) is 7.11 Å². The van der Waals surface area contributed by atoms with Crippen LogP contribution in [0.15, 0.2) is 114 Å². The van der Waals surface area contributed by atoms with Gasteiger partial charge >= 0.3 is 0 Å². The highest BCUT2D eigenvalue weighted by atomic mass is 16.5. The number of aromatic nitrogens is 3. The van der Waals surface area contributed by atoms with E-state index < -0.39 is 0 Å². The zero-order chi connectivity index (χ0) is 29.3.